The maximum absolute atomic E-state index is 12.0. The highest BCUT2D eigenvalue weighted by Gasteiger charge is 2.04. The molecule has 3 nitrogen and oxygen atoms in total. The Morgan fingerprint density at radius 2 is 1.81 bits per heavy atom. The molecule has 134 valence electrons. The smallest absolute Gasteiger partial charge is 0.230 e. The summed E-state index contributed by atoms with van der Waals surface area (Å²) in [6.45, 7) is 4.73. The van der Waals surface area contributed by atoms with Crippen molar-refractivity contribution in [2.45, 2.75) is 25.2 Å². The number of hydrogen-bond acceptors (Lipinski definition) is 4. The first-order valence-electron chi connectivity index (χ1n) is 8.58. The van der Waals surface area contributed by atoms with E-state index in [0.29, 0.717) is 12.3 Å². The van der Waals surface area contributed by atoms with Crippen molar-refractivity contribution in [3.8, 4) is 11.3 Å². The van der Waals surface area contributed by atoms with Crippen LogP contribution in [0.2, 0.25) is 0 Å². The first-order chi connectivity index (χ1) is 12.6. The average molecular weight is 383 g/mol. The van der Waals surface area contributed by atoms with Crippen molar-refractivity contribution < 1.29 is 4.79 Å². The molecule has 5 heteroatoms. The second-order valence-corrected chi connectivity index (χ2v) is 8.26. The van der Waals surface area contributed by atoms with Crippen molar-refractivity contribution in [2.24, 2.45) is 0 Å². The summed E-state index contributed by atoms with van der Waals surface area (Å²) < 4.78 is 0. The Morgan fingerprint density at radius 1 is 1.08 bits per heavy atom. The molecular formula is C21H22N2OS2. The molecule has 1 amide bonds. The fourth-order valence-corrected chi connectivity index (χ4v) is 3.87. The van der Waals surface area contributed by atoms with Crippen molar-refractivity contribution in [1.29, 1.82) is 0 Å². The van der Waals surface area contributed by atoms with Crippen molar-refractivity contribution in [3.63, 3.8) is 0 Å². The predicted octanol–water partition coefficient (Wildman–Crippen LogP) is 4.88. The summed E-state index contributed by atoms with van der Waals surface area (Å²) in [6, 6.07) is 16.7. The van der Waals surface area contributed by atoms with Crippen molar-refractivity contribution in [3.05, 3.63) is 70.0 Å². The molecule has 0 saturated heterocycles. The molecule has 0 fully saturated rings. The molecule has 0 aliphatic rings. The van der Waals surface area contributed by atoms with E-state index in [1.807, 2.05) is 6.92 Å². The second kappa shape index (κ2) is 9.01. The van der Waals surface area contributed by atoms with E-state index in [2.05, 4.69) is 71.1 Å². The van der Waals surface area contributed by atoms with Gasteiger partial charge in [0, 0.05) is 22.4 Å². The van der Waals surface area contributed by atoms with Gasteiger partial charge in [0.15, 0.2) is 0 Å². The zero-order valence-electron chi connectivity index (χ0n) is 15.0. The van der Waals surface area contributed by atoms with Crippen molar-refractivity contribution in [2.75, 3.05) is 12.3 Å². The van der Waals surface area contributed by atoms with E-state index in [0.717, 1.165) is 27.6 Å². The number of benzene rings is 2. The third kappa shape index (κ3) is 5.44. The first-order valence-corrected chi connectivity index (χ1v) is 10.4. The van der Waals surface area contributed by atoms with Gasteiger partial charge in [-0.05, 0) is 38.0 Å². The van der Waals surface area contributed by atoms with Crippen LogP contribution in [0, 0.1) is 13.8 Å². The van der Waals surface area contributed by atoms with Crippen molar-refractivity contribution >= 4 is 29.0 Å². The average Bonchev–Trinajstić information content (AvgIpc) is 3.08. The fourth-order valence-electron chi connectivity index (χ4n) is 2.52. The van der Waals surface area contributed by atoms with E-state index in [1.54, 1.807) is 23.1 Å². The largest absolute Gasteiger partial charge is 0.355 e. The topological polar surface area (TPSA) is 42.0 Å². The molecule has 1 heterocycles. The van der Waals surface area contributed by atoms with Gasteiger partial charge in [-0.25, -0.2) is 4.98 Å². The molecule has 0 bridgehead atoms. The number of thioether (sulfide) groups is 1. The lowest BCUT2D eigenvalue weighted by molar-refractivity contribution is -0.118. The number of aryl methyl sites for hydroxylation is 2. The van der Waals surface area contributed by atoms with Crippen LogP contribution in [0.4, 0.5) is 0 Å². The van der Waals surface area contributed by atoms with Gasteiger partial charge in [0.25, 0.3) is 0 Å². The Labute approximate surface area is 162 Å². The van der Waals surface area contributed by atoms with Crippen LogP contribution in [0.1, 0.15) is 16.1 Å². The summed E-state index contributed by atoms with van der Waals surface area (Å²) in [6.07, 6.45) is 0.831. The lowest BCUT2D eigenvalue weighted by Crippen LogP contribution is -2.27. The molecule has 0 aliphatic carbocycles. The monoisotopic (exact) mass is 382 g/mol. The maximum Gasteiger partial charge on any atom is 0.230 e. The number of hydrogen-bond donors (Lipinski definition) is 1. The second-order valence-electron chi connectivity index (χ2n) is 6.15. The highest BCUT2D eigenvalue weighted by Crippen LogP contribution is 2.22. The highest BCUT2D eigenvalue weighted by molar-refractivity contribution is 8.00. The van der Waals surface area contributed by atoms with Gasteiger partial charge in [0.05, 0.1) is 16.5 Å². The minimum Gasteiger partial charge on any atom is -0.355 e. The molecule has 0 saturated carbocycles. The van der Waals surface area contributed by atoms with Crippen LogP contribution in [-0.4, -0.2) is 23.2 Å². The molecule has 1 aromatic heterocycles. The number of rotatable bonds is 7. The number of amides is 1. The fraction of sp³-hybridized carbons (Fsp3) is 0.238. The van der Waals surface area contributed by atoms with Gasteiger partial charge in [0.1, 0.15) is 0 Å². The Bertz CT molecular complexity index is 854. The van der Waals surface area contributed by atoms with Crippen LogP contribution in [0.25, 0.3) is 11.3 Å². The van der Waals surface area contributed by atoms with Crippen LogP contribution in [0.5, 0.6) is 0 Å². The van der Waals surface area contributed by atoms with Gasteiger partial charge in [-0.1, -0.05) is 42.0 Å². The summed E-state index contributed by atoms with van der Waals surface area (Å²) in [5.74, 6) is 0.524. The van der Waals surface area contributed by atoms with E-state index in [-0.39, 0.29) is 5.91 Å². The number of nitrogens with one attached hydrogen (secondary N) is 1. The SMILES string of the molecule is Cc1ccc(SCC(=O)NCCc2ccc(-c3csc(C)n3)cc2)cc1. The number of nitrogens with zero attached hydrogens (tertiary/aromatic N) is 1. The van der Waals surface area contributed by atoms with E-state index >= 15 is 0 Å². The zero-order valence-corrected chi connectivity index (χ0v) is 16.6. The van der Waals surface area contributed by atoms with Gasteiger partial charge in [-0.3, -0.25) is 4.79 Å². The molecule has 26 heavy (non-hydrogen) atoms. The predicted molar refractivity (Wildman–Crippen MR) is 111 cm³/mol. The van der Waals surface area contributed by atoms with Crippen LogP contribution in [0.15, 0.2) is 58.8 Å². The number of thiazole rings is 1. The molecule has 2 aromatic carbocycles. The molecule has 3 aromatic rings. The Hall–Kier alpha value is -2.11. The van der Waals surface area contributed by atoms with Crippen LogP contribution >= 0.6 is 23.1 Å². The molecular weight excluding hydrogens is 360 g/mol. The molecule has 3 rings (SSSR count). The standard InChI is InChI=1S/C21H22N2OS2/c1-15-3-9-19(10-4-15)26-14-21(24)22-12-11-17-5-7-18(8-6-17)20-13-25-16(2)23-20/h3-10,13H,11-12,14H2,1-2H3,(H,22,24). The number of aromatic nitrogens is 1. The van der Waals surface area contributed by atoms with Gasteiger partial charge >= 0.3 is 0 Å². The van der Waals surface area contributed by atoms with Gasteiger partial charge in [0.2, 0.25) is 5.91 Å². The number of carbonyl (C=O) groups excluding carboxylic acids is 1. The molecule has 0 spiro atoms. The van der Waals surface area contributed by atoms with Crippen LogP contribution < -0.4 is 5.32 Å². The quantitative estimate of drug-likeness (QED) is 0.592. The molecule has 0 atom stereocenters. The van der Waals surface area contributed by atoms with E-state index < -0.39 is 0 Å². The molecule has 0 radical (unpaired) electrons. The zero-order chi connectivity index (χ0) is 18.4. The molecule has 0 unspecified atom stereocenters. The third-order valence-electron chi connectivity index (χ3n) is 4.00. The van der Waals surface area contributed by atoms with E-state index in [4.69, 9.17) is 0 Å². The lowest BCUT2D eigenvalue weighted by Gasteiger charge is -2.06. The first kappa shape index (κ1) is 18.7. The van der Waals surface area contributed by atoms with Gasteiger partial charge in [-0.2, -0.15) is 0 Å². The van der Waals surface area contributed by atoms with E-state index in [9.17, 15) is 4.79 Å². The lowest BCUT2D eigenvalue weighted by atomic mass is 10.1. The van der Waals surface area contributed by atoms with Gasteiger partial charge < -0.3 is 5.32 Å². The normalized spacial score (nSPS) is 10.7. The Morgan fingerprint density at radius 3 is 2.46 bits per heavy atom. The van der Waals surface area contributed by atoms with Crippen LogP contribution in [-0.2, 0) is 11.2 Å². The highest BCUT2D eigenvalue weighted by atomic mass is 32.2. The summed E-state index contributed by atoms with van der Waals surface area (Å²) in [7, 11) is 0. The van der Waals surface area contributed by atoms with E-state index in [1.165, 1.54) is 11.1 Å². The van der Waals surface area contributed by atoms with Gasteiger partial charge in [-0.15, -0.1) is 23.1 Å². The van der Waals surface area contributed by atoms with Crippen molar-refractivity contribution in [1.82, 2.24) is 10.3 Å². The summed E-state index contributed by atoms with van der Waals surface area (Å²) in [4.78, 5) is 17.6. The Balaban J connectivity index is 1.41. The number of carbonyl (C=O) groups is 1. The van der Waals surface area contributed by atoms with Crippen LogP contribution in [0.3, 0.4) is 0 Å². The minimum atomic E-state index is 0.0742. The Kier molecular flexibility index (Phi) is 6.47. The maximum atomic E-state index is 12.0. The summed E-state index contributed by atoms with van der Waals surface area (Å²) >= 11 is 3.23. The summed E-state index contributed by atoms with van der Waals surface area (Å²) in [5.41, 5.74) is 4.61. The third-order valence-corrected chi connectivity index (χ3v) is 5.78. The molecule has 0 aliphatic heterocycles. The molecule has 1 N–H and O–H groups in total. The minimum absolute atomic E-state index is 0.0742. The summed E-state index contributed by atoms with van der Waals surface area (Å²) in [5, 5.41) is 6.15.